The largest absolute Gasteiger partial charge is 0.352 e. The quantitative estimate of drug-likeness (QED) is 0.649. The van der Waals surface area contributed by atoms with E-state index >= 15 is 0 Å². The molecule has 0 spiro atoms. The van der Waals surface area contributed by atoms with Gasteiger partial charge in [-0.25, -0.2) is 0 Å². The van der Waals surface area contributed by atoms with Crippen LogP contribution in [0.4, 0.5) is 0 Å². The number of halogens is 3. The van der Waals surface area contributed by atoms with Gasteiger partial charge in [0.05, 0.1) is 5.02 Å². The van der Waals surface area contributed by atoms with Gasteiger partial charge in [-0.2, -0.15) is 0 Å². The van der Waals surface area contributed by atoms with Gasteiger partial charge in [0.2, 0.25) is 0 Å². The van der Waals surface area contributed by atoms with Crippen molar-refractivity contribution < 1.29 is 4.79 Å². The van der Waals surface area contributed by atoms with Gasteiger partial charge in [-0.1, -0.05) is 27.5 Å². The Balaban J connectivity index is 2.62. The summed E-state index contributed by atoms with van der Waals surface area (Å²) < 4.78 is 0.793. The van der Waals surface area contributed by atoms with Gasteiger partial charge < -0.3 is 5.32 Å². The second-order valence-corrected chi connectivity index (χ2v) is 4.98. The summed E-state index contributed by atoms with van der Waals surface area (Å²) in [5.41, 5.74) is 0.581. The van der Waals surface area contributed by atoms with Crippen molar-refractivity contribution in [1.29, 1.82) is 0 Å². The van der Waals surface area contributed by atoms with Crippen LogP contribution in [0.25, 0.3) is 0 Å². The van der Waals surface area contributed by atoms with Gasteiger partial charge in [0, 0.05) is 21.9 Å². The lowest BCUT2D eigenvalue weighted by molar-refractivity contribution is 0.0954. The van der Waals surface area contributed by atoms with E-state index in [-0.39, 0.29) is 5.91 Å². The summed E-state index contributed by atoms with van der Waals surface area (Å²) in [6, 6.07) is 5.15. The summed E-state index contributed by atoms with van der Waals surface area (Å²) in [7, 11) is 0. The number of nitrogens with one attached hydrogen (secondary N) is 1. The van der Waals surface area contributed by atoms with Crippen LogP contribution in [-0.2, 0) is 0 Å². The summed E-state index contributed by atoms with van der Waals surface area (Å²) in [5.74, 6) is -0.0923. The van der Waals surface area contributed by atoms with Gasteiger partial charge in [-0.3, -0.25) is 4.79 Å². The molecule has 2 nitrogen and oxygen atoms in total. The van der Waals surface area contributed by atoms with E-state index in [0.717, 1.165) is 16.2 Å². The molecular formula is C10H10Br2ClNO. The number of benzene rings is 1. The summed E-state index contributed by atoms with van der Waals surface area (Å²) in [6.45, 7) is 0.664. The first kappa shape index (κ1) is 13.0. The molecule has 5 heteroatoms. The summed E-state index contributed by atoms with van der Waals surface area (Å²) in [4.78, 5) is 11.6. The molecule has 0 heterocycles. The maximum atomic E-state index is 11.6. The highest BCUT2D eigenvalue weighted by Gasteiger charge is 2.06. The fourth-order valence-corrected chi connectivity index (χ4v) is 1.72. The van der Waals surface area contributed by atoms with Crippen molar-refractivity contribution in [3.63, 3.8) is 0 Å². The van der Waals surface area contributed by atoms with Crippen molar-refractivity contribution in [3.8, 4) is 0 Å². The molecule has 1 aromatic rings. The van der Waals surface area contributed by atoms with Crippen molar-refractivity contribution in [3.05, 3.63) is 33.3 Å². The Morgan fingerprint density at radius 1 is 1.47 bits per heavy atom. The Kier molecular flexibility index (Phi) is 5.64. The average molecular weight is 355 g/mol. The van der Waals surface area contributed by atoms with Crippen molar-refractivity contribution in [1.82, 2.24) is 5.32 Å². The third kappa shape index (κ3) is 4.13. The van der Waals surface area contributed by atoms with Gasteiger partial charge in [0.1, 0.15) is 0 Å². The van der Waals surface area contributed by atoms with Crippen LogP contribution in [0, 0.1) is 0 Å². The molecule has 0 unspecified atom stereocenters. The van der Waals surface area contributed by atoms with Crippen molar-refractivity contribution >= 4 is 49.4 Å². The SMILES string of the molecule is O=C(NCCCBr)c1ccc(Br)c(Cl)c1. The Labute approximate surface area is 111 Å². The highest BCUT2D eigenvalue weighted by molar-refractivity contribution is 9.10. The highest BCUT2D eigenvalue weighted by Crippen LogP contribution is 2.23. The van der Waals surface area contributed by atoms with Crippen LogP contribution < -0.4 is 5.32 Å². The highest BCUT2D eigenvalue weighted by atomic mass is 79.9. The Morgan fingerprint density at radius 3 is 2.80 bits per heavy atom. The van der Waals surface area contributed by atoms with E-state index < -0.39 is 0 Å². The maximum absolute atomic E-state index is 11.6. The number of rotatable bonds is 4. The molecule has 15 heavy (non-hydrogen) atoms. The lowest BCUT2D eigenvalue weighted by Crippen LogP contribution is -2.24. The van der Waals surface area contributed by atoms with Gasteiger partial charge in [0.15, 0.2) is 0 Å². The topological polar surface area (TPSA) is 29.1 Å². The van der Waals surface area contributed by atoms with E-state index in [2.05, 4.69) is 37.2 Å². The van der Waals surface area contributed by atoms with E-state index in [1.807, 2.05) is 0 Å². The summed E-state index contributed by atoms with van der Waals surface area (Å²) >= 11 is 12.5. The molecule has 0 saturated carbocycles. The normalized spacial score (nSPS) is 10.1. The zero-order valence-corrected chi connectivity index (χ0v) is 11.8. The zero-order chi connectivity index (χ0) is 11.3. The van der Waals surface area contributed by atoms with E-state index in [4.69, 9.17) is 11.6 Å². The predicted octanol–water partition coefficient (Wildman–Crippen LogP) is 3.62. The van der Waals surface area contributed by atoms with Crippen LogP contribution in [-0.4, -0.2) is 17.8 Å². The Bertz CT molecular complexity index is 357. The molecule has 1 aromatic carbocycles. The number of hydrogen-bond acceptors (Lipinski definition) is 1. The van der Waals surface area contributed by atoms with Crippen molar-refractivity contribution in [2.75, 3.05) is 11.9 Å². The van der Waals surface area contributed by atoms with Crippen LogP contribution in [0.3, 0.4) is 0 Å². The molecule has 0 bridgehead atoms. The molecule has 1 rings (SSSR count). The Morgan fingerprint density at radius 2 is 2.20 bits per heavy atom. The molecule has 1 amide bonds. The molecule has 0 atom stereocenters. The minimum Gasteiger partial charge on any atom is -0.352 e. The lowest BCUT2D eigenvalue weighted by atomic mass is 10.2. The second-order valence-electron chi connectivity index (χ2n) is 2.93. The standard InChI is InChI=1S/C10H10Br2ClNO/c11-4-1-5-14-10(15)7-2-3-8(12)9(13)6-7/h2-3,6H,1,4-5H2,(H,14,15). The minimum atomic E-state index is -0.0923. The summed E-state index contributed by atoms with van der Waals surface area (Å²) in [5, 5.41) is 4.23. The average Bonchev–Trinajstić information content (AvgIpc) is 2.22. The zero-order valence-electron chi connectivity index (χ0n) is 7.90. The maximum Gasteiger partial charge on any atom is 0.251 e. The molecule has 82 valence electrons. The third-order valence-electron chi connectivity index (χ3n) is 1.78. The first-order chi connectivity index (χ1) is 7.15. The molecule has 0 radical (unpaired) electrons. The van der Waals surface area contributed by atoms with E-state index in [1.54, 1.807) is 18.2 Å². The van der Waals surface area contributed by atoms with E-state index in [9.17, 15) is 4.79 Å². The first-order valence-corrected chi connectivity index (χ1v) is 6.73. The smallest absolute Gasteiger partial charge is 0.251 e. The van der Waals surface area contributed by atoms with Crippen LogP contribution in [0.15, 0.2) is 22.7 Å². The molecule has 1 N–H and O–H groups in total. The minimum absolute atomic E-state index is 0.0923. The van der Waals surface area contributed by atoms with Crippen molar-refractivity contribution in [2.24, 2.45) is 0 Å². The fraction of sp³-hybridized carbons (Fsp3) is 0.300. The van der Waals surface area contributed by atoms with E-state index in [0.29, 0.717) is 17.1 Å². The number of carbonyl (C=O) groups excluding carboxylic acids is 1. The number of hydrogen-bond donors (Lipinski definition) is 1. The molecule has 0 aliphatic carbocycles. The molecule has 0 aliphatic heterocycles. The van der Waals surface area contributed by atoms with Gasteiger partial charge >= 0.3 is 0 Å². The monoisotopic (exact) mass is 353 g/mol. The van der Waals surface area contributed by atoms with Crippen LogP contribution in [0.2, 0.25) is 5.02 Å². The van der Waals surface area contributed by atoms with Crippen LogP contribution in [0.1, 0.15) is 16.8 Å². The predicted molar refractivity (Wildman–Crippen MR) is 69.9 cm³/mol. The van der Waals surface area contributed by atoms with E-state index in [1.165, 1.54) is 0 Å². The molecule has 0 saturated heterocycles. The van der Waals surface area contributed by atoms with Crippen LogP contribution in [0.5, 0.6) is 0 Å². The van der Waals surface area contributed by atoms with Gasteiger partial charge in [-0.05, 0) is 40.5 Å². The van der Waals surface area contributed by atoms with Gasteiger partial charge in [-0.15, -0.1) is 0 Å². The number of carbonyl (C=O) groups is 1. The van der Waals surface area contributed by atoms with Crippen LogP contribution >= 0.6 is 43.5 Å². The first-order valence-electron chi connectivity index (χ1n) is 4.44. The third-order valence-corrected chi connectivity index (χ3v) is 3.57. The summed E-state index contributed by atoms with van der Waals surface area (Å²) in [6.07, 6.45) is 0.913. The fourth-order valence-electron chi connectivity index (χ4n) is 1.01. The number of amides is 1. The van der Waals surface area contributed by atoms with Gasteiger partial charge in [0.25, 0.3) is 5.91 Å². The molecule has 0 aromatic heterocycles. The molecule has 0 fully saturated rings. The lowest BCUT2D eigenvalue weighted by Gasteiger charge is -2.04. The molecular weight excluding hydrogens is 345 g/mol. The number of alkyl halides is 1. The van der Waals surface area contributed by atoms with Crippen molar-refractivity contribution in [2.45, 2.75) is 6.42 Å². The Hall–Kier alpha value is -0.0600. The second kappa shape index (κ2) is 6.51. The molecule has 0 aliphatic rings.